The van der Waals surface area contributed by atoms with E-state index in [1.807, 2.05) is 0 Å². The summed E-state index contributed by atoms with van der Waals surface area (Å²) in [6.07, 6.45) is 4.06. The molecule has 1 aliphatic rings. The number of unbranched alkanes of at least 4 members (excludes halogenated alkanes) is 1. The van der Waals surface area contributed by atoms with E-state index in [4.69, 9.17) is 9.84 Å². The van der Waals surface area contributed by atoms with Crippen LogP contribution in [0.1, 0.15) is 48.3 Å². The lowest BCUT2D eigenvalue weighted by Gasteiger charge is -2.32. The van der Waals surface area contributed by atoms with Crippen molar-refractivity contribution in [2.75, 3.05) is 13.1 Å². The van der Waals surface area contributed by atoms with Gasteiger partial charge in [0.1, 0.15) is 0 Å². The van der Waals surface area contributed by atoms with Crippen molar-refractivity contribution in [1.82, 2.24) is 5.32 Å². The Balaban J connectivity index is 1.36. The van der Waals surface area contributed by atoms with Crippen molar-refractivity contribution in [3.63, 3.8) is 0 Å². The maximum absolute atomic E-state index is 10.6. The molecule has 0 bridgehead atoms. The molecule has 2 N–H and O–H groups in total. The fourth-order valence-electron chi connectivity index (χ4n) is 4.46. The molecule has 0 aliphatic carbocycles. The first kappa shape index (κ1) is 21.5. The van der Waals surface area contributed by atoms with Gasteiger partial charge in [-0.05, 0) is 65.8 Å². The summed E-state index contributed by atoms with van der Waals surface area (Å²) in [7, 11) is 0. The van der Waals surface area contributed by atoms with Gasteiger partial charge in [0.05, 0.1) is 12.7 Å². The topological polar surface area (TPSA) is 58.6 Å². The van der Waals surface area contributed by atoms with E-state index in [9.17, 15) is 4.79 Å². The molecule has 1 aliphatic heterocycles. The normalized spacial score (nSPS) is 18.8. The van der Waals surface area contributed by atoms with Crippen LogP contribution in [-0.4, -0.2) is 30.3 Å². The molecule has 0 radical (unpaired) electrons. The molecular formula is C27H31NO3. The van der Waals surface area contributed by atoms with Crippen LogP contribution in [0.4, 0.5) is 0 Å². The van der Waals surface area contributed by atoms with E-state index in [2.05, 4.69) is 72.0 Å². The smallest absolute Gasteiger partial charge is 0.303 e. The highest BCUT2D eigenvalue weighted by Crippen LogP contribution is 2.29. The molecule has 3 aromatic rings. The summed E-state index contributed by atoms with van der Waals surface area (Å²) in [6.45, 7) is 2.50. The maximum Gasteiger partial charge on any atom is 0.303 e. The molecule has 31 heavy (non-hydrogen) atoms. The summed E-state index contributed by atoms with van der Waals surface area (Å²) in [5, 5.41) is 14.8. The van der Waals surface area contributed by atoms with Crippen molar-refractivity contribution in [1.29, 1.82) is 0 Å². The average molecular weight is 418 g/mol. The van der Waals surface area contributed by atoms with Crippen LogP contribution < -0.4 is 5.32 Å². The third-order valence-corrected chi connectivity index (χ3v) is 6.22. The second-order valence-corrected chi connectivity index (χ2v) is 8.47. The van der Waals surface area contributed by atoms with E-state index in [-0.39, 0.29) is 12.5 Å². The molecule has 0 saturated carbocycles. The lowest BCUT2D eigenvalue weighted by molar-refractivity contribution is -0.137. The Labute approximate surface area is 184 Å². The first-order chi connectivity index (χ1) is 15.2. The number of aliphatic carboxylic acids is 1. The monoisotopic (exact) mass is 417 g/mol. The second-order valence-electron chi connectivity index (χ2n) is 8.47. The van der Waals surface area contributed by atoms with Gasteiger partial charge in [-0.2, -0.15) is 0 Å². The first-order valence-corrected chi connectivity index (χ1v) is 11.3. The molecule has 4 rings (SSSR count). The minimum absolute atomic E-state index is 0.154. The number of hydrogen-bond donors (Lipinski definition) is 2. The summed E-state index contributed by atoms with van der Waals surface area (Å²) in [5.74, 6) is -0.321. The molecule has 2 atom stereocenters. The fourth-order valence-corrected chi connectivity index (χ4v) is 4.46. The van der Waals surface area contributed by atoms with E-state index in [0.29, 0.717) is 12.5 Å². The molecule has 162 valence electrons. The van der Waals surface area contributed by atoms with Gasteiger partial charge >= 0.3 is 5.97 Å². The SMILES string of the molecule is O=C(O)CCCCc1ccc(C2CCNCC2OCc2ccc3ccccc3c2)cc1. The van der Waals surface area contributed by atoms with E-state index >= 15 is 0 Å². The number of hydrogen-bond acceptors (Lipinski definition) is 3. The van der Waals surface area contributed by atoms with Crippen LogP contribution in [-0.2, 0) is 22.6 Å². The van der Waals surface area contributed by atoms with Crippen LogP contribution in [0.25, 0.3) is 10.8 Å². The second kappa shape index (κ2) is 10.6. The maximum atomic E-state index is 10.6. The molecule has 3 aromatic carbocycles. The zero-order chi connectivity index (χ0) is 21.5. The minimum atomic E-state index is -0.712. The molecular weight excluding hydrogens is 386 g/mol. The quantitative estimate of drug-likeness (QED) is 0.464. The standard InChI is InChI=1S/C27H31NO3/c29-27(30)8-4-1-5-20-9-13-23(14-10-20)25-15-16-28-18-26(25)31-19-21-11-12-22-6-2-3-7-24(22)17-21/h2-3,6-7,9-14,17,25-26,28H,1,4-5,8,15-16,18-19H2,(H,29,30). The third kappa shape index (κ3) is 5.93. The molecule has 1 fully saturated rings. The van der Waals surface area contributed by atoms with E-state index < -0.39 is 5.97 Å². The van der Waals surface area contributed by atoms with Crippen molar-refractivity contribution in [2.24, 2.45) is 0 Å². The van der Waals surface area contributed by atoms with Crippen LogP contribution in [0, 0.1) is 0 Å². The molecule has 0 aromatic heterocycles. The predicted octanol–water partition coefficient (Wildman–Crippen LogP) is 5.30. The number of carboxylic acids is 1. The summed E-state index contributed by atoms with van der Waals surface area (Å²) >= 11 is 0. The number of nitrogens with one attached hydrogen (secondary N) is 1. The molecule has 4 heteroatoms. The van der Waals surface area contributed by atoms with Crippen LogP contribution in [0.2, 0.25) is 0 Å². The highest BCUT2D eigenvalue weighted by molar-refractivity contribution is 5.82. The average Bonchev–Trinajstić information content (AvgIpc) is 2.81. The molecule has 1 heterocycles. The number of fused-ring (bicyclic) bond motifs is 1. The van der Waals surface area contributed by atoms with E-state index in [0.717, 1.165) is 38.8 Å². The predicted molar refractivity (Wildman–Crippen MR) is 124 cm³/mol. The Bertz CT molecular complexity index is 999. The van der Waals surface area contributed by atoms with Crippen LogP contribution in [0.5, 0.6) is 0 Å². The summed E-state index contributed by atoms with van der Waals surface area (Å²) in [6, 6.07) is 23.8. The Kier molecular flexibility index (Phi) is 7.34. The molecule has 0 spiro atoms. The van der Waals surface area contributed by atoms with Crippen molar-refractivity contribution >= 4 is 16.7 Å². The van der Waals surface area contributed by atoms with Gasteiger partial charge in [-0.15, -0.1) is 0 Å². The third-order valence-electron chi connectivity index (χ3n) is 6.22. The van der Waals surface area contributed by atoms with Gasteiger partial charge < -0.3 is 15.2 Å². The minimum Gasteiger partial charge on any atom is -0.481 e. The molecule has 2 unspecified atom stereocenters. The van der Waals surface area contributed by atoms with Gasteiger partial charge in [0.2, 0.25) is 0 Å². The summed E-state index contributed by atoms with van der Waals surface area (Å²) in [4.78, 5) is 10.6. The summed E-state index contributed by atoms with van der Waals surface area (Å²) in [5.41, 5.74) is 3.82. The van der Waals surface area contributed by atoms with Gasteiger partial charge in [-0.1, -0.05) is 60.7 Å². The van der Waals surface area contributed by atoms with Crippen LogP contribution in [0.3, 0.4) is 0 Å². The molecule has 0 amide bonds. The molecule has 1 saturated heterocycles. The number of benzene rings is 3. The van der Waals surface area contributed by atoms with Crippen molar-refractivity contribution in [2.45, 2.75) is 50.7 Å². The zero-order valence-corrected chi connectivity index (χ0v) is 17.9. The van der Waals surface area contributed by atoms with Crippen LogP contribution >= 0.6 is 0 Å². The number of carbonyl (C=O) groups is 1. The number of piperidine rings is 1. The van der Waals surface area contributed by atoms with E-state index in [1.165, 1.54) is 27.5 Å². The first-order valence-electron chi connectivity index (χ1n) is 11.3. The van der Waals surface area contributed by atoms with Crippen LogP contribution in [0.15, 0.2) is 66.7 Å². The number of carboxylic acid groups (broad SMARTS) is 1. The largest absolute Gasteiger partial charge is 0.481 e. The van der Waals surface area contributed by atoms with Gasteiger partial charge in [0.15, 0.2) is 0 Å². The lowest BCUT2D eigenvalue weighted by atomic mass is 9.87. The van der Waals surface area contributed by atoms with Crippen molar-refractivity contribution in [3.05, 3.63) is 83.4 Å². The number of ether oxygens (including phenoxy) is 1. The Morgan fingerprint density at radius 3 is 2.55 bits per heavy atom. The highest BCUT2D eigenvalue weighted by atomic mass is 16.5. The van der Waals surface area contributed by atoms with Gasteiger partial charge in [-0.25, -0.2) is 0 Å². The fraction of sp³-hybridized carbons (Fsp3) is 0.370. The summed E-state index contributed by atoms with van der Waals surface area (Å²) < 4.78 is 6.40. The Morgan fingerprint density at radius 2 is 1.74 bits per heavy atom. The Hall–Kier alpha value is -2.69. The Morgan fingerprint density at radius 1 is 0.968 bits per heavy atom. The van der Waals surface area contributed by atoms with Gasteiger partial charge in [-0.3, -0.25) is 4.79 Å². The van der Waals surface area contributed by atoms with Gasteiger partial charge in [0.25, 0.3) is 0 Å². The number of aryl methyl sites for hydroxylation is 1. The van der Waals surface area contributed by atoms with Crippen molar-refractivity contribution in [3.8, 4) is 0 Å². The molecule has 4 nitrogen and oxygen atoms in total. The lowest BCUT2D eigenvalue weighted by Crippen LogP contribution is -2.40. The zero-order valence-electron chi connectivity index (χ0n) is 17.9. The highest BCUT2D eigenvalue weighted by Gasteiger charge is 2.27. The van der Waals surface area contributed by atoms with E-state index in [1.54, 1.807) is 0 Å². The number of rotatable bonds is 9. The van der Waals surface area contributed by atoms with Crippen molar-refractivity contribution < 1.29 is 14.6 Å². The van der Waals surface area contributed by atoms with Gasteiger partial charge in [0, 0.05) is 18.9 Å².